The zero-order chi connectivity index (χ0) is 22.1. The quantitative estimate of drug-likeness (QED) is 0.465. The second kappa shape index (κ2) is 11.0. The van der Waals surface area contributed by atoms with Crippen molar-refractivity contribution < 1.29 is 28.6 Å². The number of methoxy groups -OCH3 is 1. The average molecular weight is 413 g/mol. The number of hydrogen-bond acceptors (Lipinski definition) is 6. The van der Waals surface area contributed by atoms with E-state index >= 15 is 0 Å². The van der Waals surface area contributed by atoms with Crippen molar-refractivity contribution in [1.82, 2.24) is 0 Å². The molecule has 0 heterocycles. The van der Waals surface area contributed by atoms with Crippen molar-refractivity contribution in [2.45, 2.75) is 27.2 Å². The van der Waals surface area contributed by atoms with Gasteiger partial charge in [0.1, 0.15) is 0 Å². The van der Waals surface area contributed by atoms with Crippen LogP contribution in [0, 0.1) is 5.92 Å². The minimum atomic E-state index is -0.669. The Labute approximate surface area is 176 Å². The molecule has 0 aliphatic carbocycles. The molecule has 1 N–H and O–H groups in total. The van der Waals surface area contributed by atoms with Gasteiger partial charge < -0.3 is 19.5 Å². The number of amides is 1. The Balaban J connectivity index is 1.96. The number of carbonyl (C=O) groups excluding carboxylic acids is 3. The Kier molecular flexibility index (Phi) is 8.41. The van der Waals surface area contributed by atoms with Gasteiger partial charge in [-0.25, -0.2) is 4.79 Å². The van der Waals surface area contributed by atoms with E-state index in [1.54, 1.807) is 36.4 Å². The monoisotopic (exact) mass is 413 g/mol. The fourth-order valence-electron chi connectivity index (χ4n) is 2.62. The second-order valence-electron chi connectivity index (χ2n) is 7.12. The van der Waals surface area contributed by atoms with Crippen LogP contribution in [-0.2, 0) is 9.53 Å². The number of anilines is 1. The predicted octanol–water partition coefficient (Wildman–Crippen LogP) is 4.12. The fraction of sp³-hybridized carbons (Fsp3) is 0.348. The van der Waals surface area contributed by atoms with Crippen molar-refractivity contribution in [2.24, 2.45) is 5.92 Å². The average Bonchev–Trinajstić information content (AvgIpc) is 2.72. The second-order valence-corrected chi connectivity index (χ2v) is 7.12. The van der Waals surface area contributed by atoms with Crippen LogP contribution in [0.5, 0.6) is 11.5 Å². The maximum Gasteiger partial charge on any atom is 0.338 e. The Hall–Kier alpha value is -3.35. The molecule has 160 valence electrons. The van der Waals surface area contributed by atoms with E-state index < -0.39 is 18.5 Å². The highest BCUT2D eigenvalue weighted by Crippen LogP contribution is 2.28. The smallest absolute Gasteiger partial charge is 0.338 e. The minimum Gasteiger partial charge on any atom is -0.493 e. The Bertz CT molecular complexity index is 906. The van der Waals surface area contributed by atoms with E-state index in [2.05, 4.69) is 19.2 Å². The number of benzene rings is 2. The molecule has 2 aromatic carbocycles. The van der Waals surface area contributed by atoms with Crippen LogP contribution < -0.4 is 14.8 Å². The van der Waals surface area contributed by atoms with Gasteiger partial charge in [-0.3, -0.25) is 9.59 Å². The maximum absolute atomic E-state index is 12.3. The molecular weight excluding hydrogens is 386 g/mol. The molecule has 1 amide bonds. The summed E-state index contributed by atoms with van der Waals surface area (Å²) in [5.41, 5.74) is 0.991. The van der Waals surface area contributed by atoms with Gasteiger partial charge >= 0.3 is 5.97 Å². The summed E-state index contributed by atoms with van der Waals surface area (Å²) in [6.07, 6.45) is 0.898. The van der Waals surface area contributed by atoms with Gasteiger partial charge in [-0.2, -0.15) is 0 Å². The lowest BCUT2D eigenvalue weighted by atomic mass is 10.1. The number of ether oxygens (including phenoxy) is 3. The van der Waals surface area contributed by atoms with E-state index in [1.807, 2.05) is 0 Å². The van der Waals surface area contributed by atoms with Crippen molar-refractivity contribution in [2.75, 3.05) is 25.6 Å². The van der Waals surface area contributed by atoms with Crippen LogP contribution in [0.2, 0.25) is 0 Å². The van der Waals surface area contributed by atoms with E-state index in [9.17, 15) is 14.4 Å². The van der Waals surface area contributed by atoms with Crippen molar-refractivity contribution in [1.29, 1.82) is 0 Å². The summed E-state index contributed by atoms with van der Waals surface area (Å²) in [5, 5.41) is 2.58. The van der Waals surface area contributed by atoms with Crippen molar-refractivity contribution in [3.05, 3.63) is 53.6 Å². The van der Waals surface area contributed by atoms with E-state index in [4.69, 9.17) is 14.2 Å². The van der Waals surface area contributed by atoms with Gasteiger partial charge in [-0.05, 0) is 49.6 Å². The first-order valence-electron chi connectivity index (χ1n) is 9.69. The van der Waals surface area contributed by atoms with E-state index in [0.29, 0.717) is 35.3 Å². The first-order chi connectivity index (χ1) is 14.3. The summed E-state index contributed by atoms with van der Waals surface area (Å²) < 4.78 is 16.1. The first-order valence-corrected chi connectivity index (χ1v) is 9.69. The zero-order valence-corrected chi connectivity index (χ0v) is 17.7. The van der Waals surface area contributed by atoms with Gasteiger partial charge in [-0.15, -0.1) is 0 Å². The highest BCUT2D eigenvalue weighted by Gasteiger charge is 2.15. The van der Waals surface area contributed by atoms with Crippen LogP contribution in [0.3, 0.4) is 0 Å². The third-order valence-corrected chi connectivity index (χ3v) is 4.27. The molecule has 0 aliphatic heterocycles. The summed E-state index contributed by atoms with van der Waals surface area (Å²) in [6.45, 7) is 5.68. The molecule has 7 nitrogen and oxygen atoms in total. The molecule has 30 heavy (non-hydrogen) atoms. The molecule has 2 rings (SSSR count). The summed E-state index contributed by atoms with van der Waals surface area (Å²) in [7, 11) is 1.49. The SMILES string of the molecule is COc1cc(C(=O)OCC(=O)Nc2ccccc2C(C)=O)ccc1OCCC(C)C. The Morgan fingerprint density at radius 1 is 1.03 bits per heavy atom. The van der Waals surface area contributed by atoms with E-state index in [-0.39, 0.29) is 11.3 Å². The molecule has 0 spiro atoms. The molecule has 2 aromatic rings. The van der Waals surface area contributed by atoms with Gasteiger partial charge in [0, 0.05) is 5.56 Å². The number of hydrogen-bond donors (Lipinski definition) is 1. The lowest BCUT2D eigenvalue weighted by molar-refractivity contribution is -0.119. The van der Waals surface area contributed by atoms with Crippen LogP contribution in [0.4, 0.5) is 5.69 Å². The van der Waals surface area contributed by atoms with Gasteiger partial charge in [0.25, 0.3) is 5.91 Å². The molecule has 0 atom stereocenters. The lowest BCUT2D eigenvalue weighted by Crippen LogP contribution is -2.22. The molecule has 0 unspecified atom stereocenters. The lowest BCUT2D eigenvalue weighted by Gasteiger charge is -2.13. The molecular formula is C23H27NO6. The predicted molar refractivity (Wildman–Crippen MR) is 113 cm³/mol. The maximum atomic E-state index is 12.3. The molecule has 0 aromatic heterocycles. The molecule has 0 fully saturated rings. The van der Waals surface area contributed by atoms with Crippen molar-refractivity contribution >= 4 is 23.3 Å². The van der Waals surface area contributed by atoms with Gasteiger partial charge in [0.2, 0.25) is 0 Å². The van der Waals surface area contributed by atoms with Crippen LogP contribution in [0.1, 0.15) is 47.9 Å². The van der Waals surface area contributed by atoms with Crippen LogP contribution in [0.15, 0.2) is 42.5 Å². The first kappa shape index (κ1) is 22.9. The largest absolute Gasteiger partial charge is 0.493 e. The number of rotatable bonds is 10. The minimum absolute atomic E-state index is 0.175. The topological polar surface area (TPSA) is 90.9 Å². The zero-order valence-electron chi connectivity index (χ0n) is 17.7. The number of esters is 1. The Morgan fingerprint density at radius 2 is 1.77 bits per heavy atom. The standard InChI is InChI=1S/C23H27NO6/c1-15(2)11-12-29-20-10-9-17(13-21(20)28-4)23(27)30-14-22(26)24-19-8-6-5-7-18(19)16(3)25/h5-10,13,15H,11-12,14H2,1-4H3,(H,24,26). The van der Waals surface area contributed by atoms with Gasteiger partial charge in [0.15, 0.2) is 23.9 Å². The molecule has 0 saturated heterocycles. The third-order valence-electron chi connectivity index (χ3n) is 4.27. The van der Waals surface area contributed by atoms with E-state index in [0.717, 1.165) is 6.42 Å². The molecule has 7 heteroatoms. The van der Waals surface area contributed by atoms with Crippen molar-refractivity contribution in [3.8, 4) is 11.5 Å². The van der Waals surface area contributed by atoms with Crippen LogP contribution >= 0.6 is 0 Å². The highest BCUT2D eigenvalue weighted by molar-refractivity contribution is 6.04. The molecule has 0 radical (unpaired) electrons. The van der Waals surface area contributed by atoms with E-state index in [1.165, 1.54) is 20.1 Å². The molecule has 0 bridgehead atoms. The van der Waals surface area contributed by atoms with Crippen LogP contribution in [0.25, 0.3) is 0 Å². The summed E-state index contributed by atoms with van der Waals surface area (Å²) >= 11 is 0. The summed E-state index contributed by atoms with van der Waals surface area (Å²) in [6, 6.07) is 11.3. The summed E-state index contributed by atoms with van der Waals surface area (Å²) in [5.74, 6) is 0.0699. The number of ketones is 1. The molecule has 0 aliphatic rings. The number of carbonyl (C=O) groups is 3. The Morgan fingerprint density at radius 3 is 2.43 bits per heavy atom. The number of nitrogens with one attached hydrogen (secondary N) is 1. The summed E-state index contributed by atoms with van der Waals surface area (Å²) in [4.78, 5) is 36.1. The normalized spacial score (nSPS) is 10.4. The highest BCUT2D eigenvalue weighted by atomic mass is 16.5. The van der Waals surface area contributed by atoms with Crippen molar-refractivity contribution in [3.63, 3.8) is 0 Å². The molecule has 0 saturated carbocycles. The van der Waals surface area contributed by atoms with Gasteiger partial charge in [0.05, 0.1) is 25.0 Å². The number of Topliss-reactive ketones (excluding diaryl/α,β-unsaturated/α-hetero) is 1. The number of para-hydroxylation sites is 1. The third kappa shape index (κ3) is 6.62. The van der Waals surface area contributed by atoms with Gasteiger partial charge in [-0.1, -0.05) is 26.0 Å². The van der Waals surface area contributed by atoms with Crippen LogP contribution in [-0.4, -0.2) is 38.0 Å². The fourth-order valence-corrected chi connectivity index (χ4v) is 2.62.